The van der Waals surface area contributed by atoms with Gasteiger partial charge in [0.2, 0.25) is 0 Å². The van der Waals surface area contributed by atoms with Crippen LogP contribution in [0.2, 0.25) is 0 Å². The van der Waals surface area contributed by atoms with Crippen LogP contribution in [-0.4, -0.2) is 27.0 Å². The normalized spacial score (nSPS) is 18.9. The fourth-order valence-corrected chi connectivity index (χ4v) is 0.574. The molecule has 0 aromatic heterocycles. The molecule has 0 heterocycles. The Labute approximate surface area is 64.8 Å². The molecule has 2 atom stereocenters. The number of hydrogen-bond acceptors (Lipinski definition) is 4. The minimum Gasteiger partial charge on any atom is -0.393 e. The quantitative estimate of drug-likeness (QED) is 0.350. The highest BCUT2D eigenvalue weighted by Crippen LogP contribution is 2.13. The molecule has 0 saturated heterocycles. The molecule has 0 aliphatic carbocycles. The molecule has 0 aliphatic heterocycles. The maximum absolute atomic E-state index is 10.1. The van der Waals surface area contributed by atoms with E-state index in [1.807, 2.05) is 0 Å². The fraction of sp³-hybridized carbons (Fsp3) is 1.00. The summed E-state index contributed by atoms with van der Waals surface area (Å²) in [4.78, 5) is 9.35. The van der Waals surface area contributed by atoms with Crippen LogP contribution in [0.1, 0.15) is 26.7 Å². The third-order valence-electron chi connectivity index (χ3n) is 1.43. The lowest BCUT2D eigenvalue weighted by atomic mass is 10.1. The third kappa shape index (κ3) is 3.90. The molecule has 5 heteroatoms. The molecule has 0 aromatic rings. The van der Waals surface area contributed by atoms with Gasteiger partial charge in [0.05, 0.1) is 11.0 Å². The van der Waals surface area contributed by atoms with Crippen LogP contribution in [0.4, 0.5) is 0 Å². The van der Waals surface area contributed by atoms with Crippen LogP contribution in [0.25, 0.3) is 0 Å². The molecule has 2 unspecified atom stereocenters. The number of rotatable bonds is 4. The van der Waals surface area contributed by atoms with Gasteiger partial charge in [0, 0.05) is 13.3 Å². The summed E-state index contributed by atoms with van der Waals surface area (Å²) < 4.78 is 0. The Morgan fingerprint density at radius 3 is 2.45 bits per heavy atom. The predicted octanol–water partition coefficient (Wildman–Crippen LogP) is 0.133. The van der Waals surface area contributed by atoms with Crippen LogP contribution >= 0.6 is 0 Å². The van der Waals surface area contributed by atoms with E-state index >= 15 is 0 Å². The maximum Gasteiger partial charge on any atom is 0.319 e. The van der Waals surface area contributed by atoms with Gasteiger partial charge in [-0.2, -0.15) is 0 Å². The van der Waals surface area contributed by atoms with Crippen LogP contribution in [0.5, 0.6) is 0 Å². The summed E-state index contributed by atoms with van der Waals surface area (Å²) in [6, 6.07) is 0. The van der Waals surface area contributed by atoms with Crippen molar-refractivity contribution in [1.82, 2.24) is 0 Å². The molecule has 0 spiro atoms. The molecule has 0 aliphatic rings. The van der Waals surface area contributed by atoms with Crippen molar-refractivity contribution in [3.8, 4) is 0 Å². The summed E-state index contributed by atoms with van der Waals surface area (Å²) in [5.74, 6) is 0. The van der Waals surface area contributed by atoms with Crippen molar-refractivity contribution >= 4 is 0 Å². The predicted molar refractivity (Wildman–Crippen MR) is 38.5 cm³/mol. The topological polar surface area (TPSA) is 83.6 Å². The van der Waals surface area contributed by atoms with Gasteiger partial charge in [-0.25, -0.2) is 0 Å². The number of hydrogen-bond donors (Lipinski definition) is 2. The zero-order chi connectivity index (χ0) is 9.07. The molecule has 0 saturated carbocycles. The van der Waals surface area contributed by atoms with Gasteiger partial charge in [-0.15, -0.1) is 0 Å². The van der Waals surface area contributed by atoms with E-state index in [1.165, 1.54) is 6.92 Å². The monoisotopic (exact) mass is 163 g/mol. The van der Waals surface area contributed by atoms with E-state index in [1.54, 1.807) is 0 Å². The lowest BCUT2D eigenvalue weighted by molar-refractivity contribution is -0.620. The van der Waals surface area contributed by atoms with Gasteiger partial charge in [-0.05, 0) is 13.3 Å². The van der Waals surface area contributed by atoms with Crippen molar-refractivity contribution in [3.63, 3.8) is 0 Å². The zero-order valence-corrected chi connectivity index (χ0v) is 6.65. The van der Waals surface area contributed by atoms with Crippen molar-refractivity contribution in [2.75, 3.05) is 0 Å². The van der Waals surface area contributed by atoms with Gasteiger partial charge in [-0.1, -0.05) is 0 Å². The summed E-state index contributed by atoms with van der Waals surface area (Å²) >= 11 is 0. The summed E-state index contributed by atoms with van der Waals surface area (Å²) in [7, 11) is 0. The standard InChI is InChI=1S/C6H13NO4/c1-5(8)3-4-6(2,9)7(10)11/h5,8-9H,3-4H2,1-2H3. The molecule has 0 fully saturated rings. The van der Waals surface area contributed by atoms with Gasteiger partial charge in [0.25, 0.3) is 0 Å². The Morgan fingerprint density at radius 1 is 1.73 bits per heavy atom. The maximum atomic E-state index is 10.1. The molecule has 0 aromatic carbocycles. The molecular formula is C6H13NO4. The van der Waals surface area contributed by atoms with E-state index < -0.39 is 16.8 Å². The number of aliphatic hydroxyl groups excluding tert-OH is 1. The average Bonchev–Trinajstić information content (AvgIpc) is 1.84. The largest absolute Gasteiger partial charge is 0.393 e. The molecule has 0 radical (unpaired) electrons. The minimum absolute atomic E-state index is 0.0301. The van der Waals surface area contributed by atoms with Crippen molar-refractivity contribution in [1.29, 1.82) is 0 Å². The molecule has 66 valence electrons. The van der Waals surface area contributed by atoms with Crippen LogP contribution in [0, 0.1) is 10.1 Å². The highest BCUT2D eigenvalue weighted by Gasteiger charge is 2.33. The molecule has 0 amide bonds. The first-order valence-corrected chi connectivity index (χ1v) is 3.41. The summed E-state index contributed by atoms with van der Waals surface area (Å²) in [5, 5.41) is 27.9. The highest BCUT2D eigenvalue weighted by atomic mass is 16.7. The van der Waals surface area contributed by atoms with Crippen LogP contribution in [0.3, 0.4) is 0 Å². The average molecular weight is 163 g/mol. The molecule has 11 heavy (non-hydrogen) atoms. The Morgan fingerprint density at radius 2 is 2.18 bits per heavy atom. The lowest BCUT2D eigenvalue weighted by Crippen LogP contribution is -2.34. The Hall–Kier alpha value is -0.680. The van der Waals surface area contributed by atoms with Crippen LogP contribution in [-0.2, 0) is 0 Å². The second-order valence-corrected chi connectivity index (χ2v) is 2.86. The van der Waals surface area contributed by atoms with E-state index in [2.05, 4.69) is 0 Å². The smallest absolute Gasteiger partial charge is 0.319 e. The van der Waals surface area contributed by atoms with Crippen molar-refractivity contribution in [2.45, 2.75) is 38.5 Å². The van der Waals surface area contributed by atoms with E-state index in [4.69, 9.17) is 10.2 Å². The second kappa shape index (κ2) is 3.64. The SMILES string of the molecule is CC(O)CCC(C)(O)[N+](=O)[O-]. The van der Waals surface area contributed by atoms with E-state index in [0.29, 0.717) is 0 Å². The highest BCUT2D eigenvalue weighted by molar-refractivity contribution is 4.60. The van der Waals surface area contributed by atoms with Gasteiger partial charge in [0.15, 0.2) is 0 Å². The number of aliphatic hydroxyl groups is 2. The summed E-state index contributed by atoms with van der Waals surface area (Å²) in [6.45, 7) is 2.64. The zero-order valence-electron chi connectivity index (χ0n) is 6.65. The van der Waals surface area contributed by atoms with Crippen LogP contribution < -0.4 is 0 Å². The van der Waals surface area contributed by atoms with Gasteiger partial charge >= 0.3 is 5.72 Å². The summed E-state index contributed by atoms with van der Waals surface area (Å²) in [6.07, 6.45) is -0.410. The molecule has 2 N–H and O–H groups in total. The van der Waals surface area contributed by atoms with Crippen molar-refractivity contribution in [2.24, 2.45) is 0 Å². The van der Waals surface area contributed by atoms with Gasteiger partial charge in [-0.3, -0.25) is 10.1 Å². The Balaban J connectivity index is 3.83. The minimum atomic E-state index is -1.91. The first-order chi connectivity index (χ1) is 4.86. The third-order valence-corrected chi connectivity index (χ3v) is 1.43. The molecule has 0 rings (SSSR count). The van der Waals surface area contributed by atoms with E-state index in [0.717, 1.165) is 6.92 Å². The van der Waals surface area contributed by atoms with E-state index in [9.17, 15) is 10.1 Å². The lowest BCUT2D eigenvalue weighted by Gasteiger charge is -2.14. The molecule has 0 bridgehead atoms. The molecule has 5 nitrogen and oxygen atoms in total. The van der Waals surface area contributed by atoms with Crippen LogP contribution in [0.15, 0.2) is 0 Å². The Bertz CT molecular complexity index is 144. The number of nitro groups is 1. The Kier molecular flexibility index (Phi) is 3.41. The molecular weight excluding hydrogens is 150 g/mol. The second-order valence-electron chi connectivity index (χ2n) is 2.86. The van der Waals surface area contributed by atoms with Crippen molar-refractivity contribution in [3.05, 3.63) is 10.1 Å². The first-order valence-electron chi connectivity index (χ1n) is 3.41. The van der Waals surface area contributed by atoms with Crippen molar-refractivity contribution < 1.29 is 15.1 Å². The van der Waals surface area contributed by atoms with Gasteiger partial charge < -0.3 is 10.2 Å². The number of nitrogens with zero attached hydrogens (tertiary/aromatic N) is 1. The first kappa shape index (κ1) is 10.3. The van der Waals surface area contributed by atoms with E-state index in [-0.39, 0.29) is 12.8 Å². The fourth-order valence-electron chi connectivity index (χ4n) is 0.574. The summed E-state index contributed by atoms with van der Waals surface area (Å²) in [5.41, 5.74) is -1.91. The van der Waals surface area contributed by atoms with Gasteiger partial charge in [0.1, 0.15) is 0 Å².